The molecule has 0 aliphatic carbocycles. The van der Waals surface area contributed by atoms with Crippen LogP contribution in [0.1, 0.15) is 24.0 Å². The number of hydrogen-bond donors (Lipinski definition) is 0. The Labute approximate surface area is 195 Å². The van der Waals surface area contributed by atoms with Gasteiger partial charge in [0.25, 0.3) is 5.91 Å². The fourth-order valence-corrected chi connectivity index (χ4v) is 4.85. The zero-order valence-corrected chi connectivity index (χ0v) is 19.1. The summed E-state index contributed by atoms with van der Waals surface area (Å²) < 4.78 is 12.0. The maximum absolute atomic E-state index is 12.7. The second-order valence-electron chi connectivity index (χ2n) is 7.03. The van der Waals surface area contributed by atoms with E-state index < -0.39 is 0 Å². The number of ether oxygens (including phenoxy) is 2. The third-order valence-electron chi connectivity index (χ3n) is 4.85. The summed E-state index contributed by atoms with van der Waals surface area (Å²) in [7, 11) is 0. The summed E-state index contributed by atoms with van der Waals surface area (Å²) in [6.07, 6.45) is 3.95. The van der Waals surface area contributed by atoms with Crippen LogP contribution in [0.5, 0.6) is 5.75 Å². The Morgan fingerprint density at radius 3 is 2.70 bits per heavy atom. The zero-order chi connectivity index (χ0) is 21.1. The normalized spacial score (nSPS) is 20.4. The van der Waals surface area contributed by atoms with E-state index in [1.165, 1.54) is 11.8 Å². The van der Waals surface area contributed by atoms with Crippen LogP contribution in [0.4, 0.5) is 0 Å². The Morgan fingerprint density at radius 2 is 2.00 bits per heavy atom. The molecule has 0 saturated carbocycles. The highest BCUT2D eigenvalue weighted by atomic mass is 35.5. The number of thiocarbonyl (C=S) groups is 1. The lowest BCUT2D eigenvalue weighted by Crippen LogP contribution is -2.35. The topological polar surface area (TPSA) is 38.8 Å². The molecule has 2 aromatic rings. The standard InChI is InChI=1S/C22H19Cl2NO3S2/c23-18-8-5-15(10-19(18)24)13-28-16-6-3-14(4-7-16)11-20-21(26)25(22(29)30-20)12-17-2-1-9-27-17/h3-8,10-11,17H,1-2,9,12-13H2/b20-11-/t17-/m0/s1. The summed E-state index contributed by atoms with van der Waals surface area (Å²) in [5.74, 6) is 0.671. The first-order valence-electron chi connectivity index (χ1n) is 9.53. The van der Waals surface area contributed by atoms with E-state index in [0.29, 0.717) is 32.4 Å². The van der Waals surface area contributed by atoms with Gasteiger partial charge in [-0.25, -0.2) is 0 Å². The molecule has 2 aliphatic heterocycles. The van der Waals surface area contributed by atoms with Gasteiger partial charge in [0.15, 0.2) is 0 Å². The van der Waals surface area contributed by atoms with Crippen LogP contribution >= 0.6 is 47.2 Å². The quantitative estimate of drug-likeness (QED) is 0.377. The number of carbonyl (C=O) groups is 1. The monoisotopic (exact) mass is 479 g/mol. The molecule has 2 heterocycles. The van der Waals surface area contributed by atoms with Crippen molar-refractivity contribution in [3.05, 3.63) is 68.5 Å². The number of hydrogen-bond acceptors (Lipinski definition) is 5. The van der Waals surface area contributed by atoms with Crippen LogP contribution < -0.4 is 4.74 Å². The van der Waals surface area contributed by atoms with E-state index in [1.54, 1.807) is 17.0 Å². The lowest BCUT2D eigenvalue weighted by Gasteiger charge is -2.18. The molecule has 1 atom stereocenters. The van der Waals surface area contributed by atoms with Crippen molar-refractivity contribution < 1.29 is 14.3 Å². The van der Waals surface area contributed by atoms with Crippen molar-refractivity contribution in [3.63, 3.8) is 0 Å². The van der Waals surface area contributed by atoms with E-state index >= 15 is 0 Å². The molecule has 2 saturated heterocycles. The lowest BCUT2D eigenvalue weighted by molar-refractivity contribution is -0.123. The highest BCUT2D eigenvalue weighted by molar-refractivity contribution is 8.26. The maximum atomic E-state index is 12.7. The SMILES string of the molecule is O=C1/C(=C/c2ccc(OCc3ccc(Cl)c(Cl)c3)cc2)SC(=S)N1C[C@@H]1CCCO1. The van der Waals surface area contributed by atoms with Crippen molar-refractivity contribution in [2.75, 3.05) is 13.2 Å². The molecule has 4 nitrogen and oxygen atoms in total. The van der Waals surface area contributed by atoms with Crippen LogP contribution in [0.2, 0.25) is 10.0 Å². The van der Waals surface area contributed by atoms with Crippen LogP contribution in [0.15, 0.2) is 47.4 Å². The van der Waals surface area contributed by atoms with E-state index in [2.05, 4.69) is 0 Å². The van der Waals surface area contributed by atoms with Crippen LogP contribution in [0.3, 0.4) is 0 Å². The van der Waals surface area contributed by atoms with E-state index in [9.17, 15) is 4.79 Å². The lowest BCUT2D eigenvalue weighted by atomic mass is 10.2. The van der Waals surface area contributed by atoms with Crippen molar-refractivity contribution in [2.45, 2.75) is 25.6 Å². The Bertz CT molecular complexity index is 988. The summed E-state index contributed by atoms with van der Waals surface area (Å²) in [5, 5.41) is 1.02. The van der Waals surface area contributed by atoms with Gasteiger partial charge in [0.05, 0.1) is 27.6 Å². The first-order chi connectivity index (χ1) is 14.5. The van der Waals surface area contributed by atoms with Crippen molar-refractivity contribution in [1.82, 2.24) is 4.90 Å². The smallest absolute Gasteiger partial charge is 0.266 e. The molecule has 0 aromatic heterocycles. The average Bonchev–Trinajstić information content (AvgIpc) is 3.34. The second kappa shape index (κ2) is 9.71. The molecule has 30 heavy (non-hydrogen) atoms. The van der Waals surface area contributed by atoms with Crippen molar-refractivity contribution in [1.29, 1.82) is 0 Å². The number of amides is 1. The maximum Gasteiger partial charge on any atom is 0.266 e. The molecule has 8 heteroatoms. The van der Waals surface area contributed by atoms with Gasteiger partial charge in [-0.3, -0.25) is 9.69 Å². The number of nitrogens with zero attached hydrogens (tertiary/aromatic N) is 1. The number of halogens is 2. The Balaban J connectivity index is 1.37. The molecule has 2 fully saturated rings. The molecule has 156 valence electrons. The Morgan fingerprint density at radius 1 is 1.20 bits per heavy atom. The molecule has 0 bridgehead atoms. The van der Waals surface area contributed by atoms with Crippen LogP contribution in [0.25, 0.3) is 6.08 Å². The third-order valence-corrected chi connectivity index (χ3v) is 6.97. The Hall–Kier alpha value is -1.57. The summed E-state index contributed by atoms with van der Waals surface area (Å²) in [4.78, 5) is 15.0. The van der Waals surface area contributed by atoms with Gasteiger partial charge in [-0.1, -0.05) is 65.4 Å². The average molecular weight is 480 g/mol. The van der Waals surface area contributed by atoms with Crippen LogP contribution in [0, 0.1) is 0 Å². The van der Waals surface area contributed by atoms with Gasteiger partial charge in [0.2, 0.25) is 0 Å². The highest BCUT2D eigenvalue weighted by Gasteiger charge is 2.34. The molecular formula is C22H19Cl2NO3S2. The number of benzene rings is 2. The largest absolute Gasteiger partial charge is 0.489 e. The highest BCUT2D eigenvalue weighted by Crippen LogP contribution is 2.33. The van der Waals surface area contributed by atoms with Gasteiger partial charge in [-0.2, -0.15) is 0 Å². The molecule has 2 aliphatic rings. The van der Waals surface area contributed by atoms with Gasteiger partial charge in [0.1, 0.15) is 16.7 Å². The minimum atomic E-state index is -0.0551. The molecule has 0 N–H and O–H groups in total. The van der Waals surface area contributed by atoms with Gasteiger partial charge in [-0.15, -0.1) is 0 Å². The molecule has 4 rings (SSSR count). The number of carbonyl (C=O) groups excluding carboxylic acids is 1. The minimum absolute atomic E-state index is 0.0551. The van der Waals surface area contributed by atoms with Gasteiger partial charge in [0, 0.05) is 6.61 Å². The van der Waals surface area contributed by atoms with E-state index in [-0.39, 0.29) is 12.0 Å². The second-order valence-corrected chi connectivity index (χ2v) is 9.52. The predicted octanol–water partition coefficient (Wildman–Crippen LogP) is 5.95. The fraction of sp³-hybridized carbons (Fsp3) is 0.273. The van der Waals surface area contributed by atoms with Crippen molar-refractivity contribution in [3.8, 4) is 5.75 Å². The van der Waals surface area contributed by atoms with Crippen LogP contribution in [-0.4, -0.2) is 34.4 Å². The molecule has 1 amide bonds. The predicted molar refractivity (Wildman–Crippen MR) is 126 cm³/mol. The van der Waals surface area contributed by atoms with Gasteiger partial charge >= 0.3 is 0 Å². The first kappa shape index (κ1) is 21.7. The summed E-state index contributed by atoms with van der Waals surface area (Å²) in [6.45, 7) is 1.68. The fourth-order valence-electron chi connectivity index (χ4n) is 3.26. The summed E-state index contributed by atoms with van der Waals surface area (Å²) in [6, 6.07) is 13.0. The Kier molecular flexibility index (Phi) is 7.01. The van der Waals surface area contributed by atoms with Gasteiger partial charge in [-0.05, 0) is 54.3 Å². The van der Waals surface area contributed by atoms with E-state index in [4.69, 9.17) is 44.9 Å². The minimum Gasteiger partial charge on any atom is -0.489 e. The first-order valence-corrected chi connectivity index (χ1v) is 11.5. The molecule has 2 aromatic carbocycles. The zero-order valence-electron chi connectivity index (χ0n) is 16.0. The van der Waals surface area contributed by atoms with Gasteiger partial charge < -0.3 is 9.47 Å². The van der Waals surface area contributed by atoms with E-state index in [0.717, 1.165) is 36.3 Å². The molecule has 0 unspecified atom stereocenters. The third kappa shape index (κ3) is 5.18. The molecule has 0 radical (unpaired) electrons. The summed E-state index contributed by atoms with van der Waals surface area (Å²) >= 11 is 18.7. The summed E-state index contributed by atoms with van der Waals surface area (Å²) in [5.41, 5.74) is 1.85. The van der Waals surface area contributed by atoms with Crippen molar-refractivity contribution in [2.24, 2.45) is 0 Å². The molecule has 0 spiro atoms. The number of rotatable bonds is 6. The van der Waals surface area contributed by atoms with Crippen LogP contribution in [-0.2, 0) is 16.1 Å². The molecular weight excluding hydrogens is 461 g/mol. The van der Waals surface area contributed by atoms with Crippen molar-refractivity contribution >= 4 is 63.5 Å². The van der Waals surface area contributed by atoms with E-state index in [1.807, 2.05) is 36.4 Å². The number of thioether (sulfide) groups is 1.